The van der Waals surface area contributed by atoms with Crippen LogP contribution in [-0.4, -0.2) is 33.8 Å². The molecular weight excluding hydrogens is 468 g/mol. The lowest BCUT2D eigenvalue weighted by molar-refractivity contribution is -0.0528. The summed E-state index contributed by atoms with van der Waals surface area (Å²) in [5.74, 6) is 0.302. The van der Waals surface area contributed by atoms with Gasteiger partial charge in [0.15, 0.2) is 0 Å². The average Bonchev–Trinajstić information content (AvgIpc) is 3.13. The van der Waals surface area contributed by atoms with Gasteiger partial charge in [0.25, 0.3) is 0 Å². The van der Waals surface area contributed by atoms with Crippen LogP contribution in [0.25, 0.3) is 31.8 Å². The van der Waals surface area contributed by atoms with Gasteiger partial charge in [0.05, 0.1) is 35.6 Å². The maximum absolute atomic E-state index is 12.5. The van der Waals surface area contributed by atoms with Gasteiger partial charge in [0.2, 0.25) is 5.88 Å². The first-order valence-corrected chi connectivity index (χ1v) is 10.0. The lowest BCUT2D eigenvalue weighted by atomic mass is 10.1. The van der Waals surface area contributed by atoms with E-state index in [9.17, 15) is 13.9 Å². The van der Waals surface area contributed by atoms with Crippen molar-refractivity contribution < 1.29 is 23.4 Å². The summed E-state index contributed by atoms with van der Waals surface area (Å²) >= 11 is 4.93. The summed E-state index contributed by atoms with van der Waals surface area (Å²) in [5.41, 5.74) is 3.88. The zero-order valence-corrected chi connectivity index (χ0v) is 17.6. The molecule has 0 bridgehead atoms. The minimum absolute atomic E-state index is 0.147. The van der Waals surface area contributed by atoms with Crippen LogP contribution in [-0.2, 0) is 6.61 Å². The van der Waals surface area contributed by atoms with E-state index in [1.807, 2.05) is 13.0 Å². The lowest BCUT2D eigenvalue weighted by Gasteiger charge is -2.07. The molecule has 4 aromatic rings. The van der Waals surface area contributed by atoms with Crippen LogP contribution in [0.4, 0.5) is 8.78 Å². The molecule has 0 aliphatic heterocycles. The molecule has 29 heavy (non-hydrogen) atoms. The van der Waals surface area contributed by atoms with Crippen LogP contribution < -0.4 is 9.47 Å². The summed E-state index contributed by atoms with van der Waals surface area (Å²) in [5, 5.41) is 10.3. The molecule has 0 spiro atoms. The van der Waals surface area contributed by atoms with E-state index in [2.05, 4.69) is 30.6 Å². The van der Waals surface area contributed by atoms with E-state index in [4.69, 9.17) is 9.72 Å². The molecule has 0 unspecified atom stereocenters. The summed E-state index contributed by atoms with van der Waals surface area (Å²) in [6.45, 7) is -1.24. The number of thiazole rings is 1. The smallest absolute Gasteiger partial charge is 0.388 e. The summed E-state index contributed by atoms with van der Waals surface area (Å²) in [6.07, 6.45) is 1.17. The van der Waals surface area contributed by atoms with Crippen molar-refractivity contribution in [2.24, 2.45) is 0 Å². The molecule has 150 valence electrons. The van der Waals surface area contributed by atoms with Crippen molar-refractivity contribution in [2.75, 3.05) is 7.11 Å². The molecule has 0 fully saturated rings. The van der Waals surface area contributed by atoms with Crippen LogP contribution in [0.15, 0.2) is 28.9 Å². The summed E-state index contributed by atoms with van der Waals surface area (Å²) in [6, 6.07) is 5.39. The Morgan fingerprint density at radius 2 is 2.00 bits per heavy atom. The van der Waals surface area contributed by atoms with Crippen LogP contribution >= 0.6 is 27.3 Å². The molecule has 0 saturated heterocycles. The monoisotopic (exact) mass is 481 g/mol. The SMILES string of the molecule is COc1cc(CO)c(Br)c2sc(-c3cc(C)cc4nc(OC(F)F)cnc34)nc12. The van der Waals surface area contributed by atoms with Crippen molar-refractivity contribution in [1.82, 2.24) is 15.0 Å². The third-order valence-corrected chi connectivity index (χ3v) is 6.52. The van der Waals surface area contributed by atoms with Crippen molar-refractivity contribution >= 4 is 48.5 Å². The number of aryl methyl sites for hydroxylation is 1. The van der Waals surface area contributed by atoms with Gasteiger partial charge in [-0.1, -0.05) is 0 Å². The number of methoxy groups -OCH3 is 1. The number of rotatable bonds is 5. The molecule has 1 N–H and O–H groups in total. The number of aliphatic hydroxyl groups is 1. The van der Waals surface area contributed by atoms with Gasteiger partial charge < -0.3 is 14.6 Å². The quantitative estimate of drug-likeness (QED) is 0.428. The number of benzene rings is 2. The molecule has 0 amide bonds. The highest BCUT2D eigenvalue weighted by Gasteiger charge is 2.19. The standard InChI is InChI=1S/C19H14BrF2N3O3S/c1-8-3-10(15-11(4-8)24-13(6-23-15)28-19(21)22)18-25-16-12(27-2)5-9(7-26)14(20)17(16)29-18/h3-6,19,26H,7H2,1-2H3. The second kappa shape index (κ2) is 7.77. The fourth-order valence-corrected chi connectivity index (χ4v) is 4.75. The molecule has 0 radical (unpaired) electrons. The van der Waals surface area contributed by atoms with Gasteiger partial charge in [-0.05, 0) is 52.2 Å². The first kappa shape index (κ1) is 19.9. The van der Waals surface area contributed by atoms with E-state index in [1.54, 1.807) is 19.2 Å². The van der Waals surface area contributed by atoms with Crippen molar-refractivity contribution in [1.29, 1.82) is 0 Å². The summed E-state index contributed by atoms with van der Waals surface area (Å²) in [7, 11) is 1.54. The number of halogens is 3. The predicted octanol–water partition coefficient (Wildman–Crippen LogP) is 5.08. The number of aromatic nitrogens is 3. The van der Waals surface area contributed by atoms with E-state index >= 15 is 0 Å². The zero-order chi connectivity index (χ0) is 20.7. The molecule has 10 heteroatoms. The molecule has 2 aromatic carbocycles. The molecule has 2 aromatic heterocycles. The van der Waals surface area contributed by atoms with Crippen LogP contribution in [0.2, 0.25) is 0 Å². The Morgan fingerprint density at radius 3 is 2.69 bits per heavy atom. The van der Waals surface area contributed by atoms with E-state index in [1.165, 1.54) is 17.5 Å². The van der Waals surface area contributed by atoms with Gasteiger partial charge >= 0.3 is 6.61 Å². The number of nitrogens with zero attached hydrogens (tertiary/aromatic N) is 3. The number of aliphatic hydroxyl groups excluding tert-OH is 1. The normalized spacial score (nSPS) is 11.6. The fourth-order valence-electron chi connectivity index (χ4n) is 3.02. The Bertz CT molecular complexity index is 1230. The van der Waals surface area contributed by atoms with E-state index < -0.39 is 6.61 Å². The molecule has 0 aliphatic rings. The van der Waals surface area contributed by atoms with Gasteiger partial charge in [-0.25, -0.2) is 15.0 Å². The summed E-state index contributed by atoms with van der Waals surface area (Å²) < 4.78 is 36.4. The lowest BCUT2D eigenvalue weighted by Crippen LogP contribution is -2.04. The van der Waals surface area contributed by atoms with Gasteiger partial charge in [-0.3, -0.25) is 0 Å². The third-order valence-electron chi connectivity index (χ3n) is 4.25. The van der Waals surface area contributed by atoms with Crippen molar-refractivity contribution in [3.63, 3.8) is 0 Å². The van der Waals surface area contributed by atoms with Crippen LogP contribution in [0.3, 0.4) is 0 Å². The highest BCUT2D eigenvalue weighted by atomic mass is 79.9. The number of ether oxygens (including phenoxy) is 2. The largest absolute Gasteiger partial charge is 0.494 e. The third kappa shape index (κ3) is 3.63. The minimum atomic E-state index is -2.97. The van der Waals surface area contributed by atoms with E-state index in [-0.39, 0.29) is 12.5 Å². The Kier molecular flexibility index (Phi) is 5.32. The second-order valence-electron chi connectivity index (χ2n) is 6.17. The molecule has 0 saturated carbocycles. The maximum atomic E-state index is 12.5. The molecule has 2 heterocycles. The first-order chi connectivity index (χ1) is 13.9. The van der Waals surface area contributed by atoms with Crippen LogP contribution in [0, 0.1) is 6.92 Å². The molecular formula is C19H14BrF2N3O3S. The van der Waals surface area contributed by atoms with Crippen LogP contribution in [0.1, 0.15) is 11.1 Å². The van der Waals surface area contributed by atoms with Gasteiger partial charge in [0.1, 0.15) is 16.3 Å². The van der Waals surface area contributed by atoms with Crippen molar-refractivity contribution in [3.05, 3.63) is 40.0 Å². The first-order valence-electron chi connectivity index (χ1n) is 8.40. The van der Waals surface area contributed by atoms with E-state index in [0.717, 1.165) is 20.3 Å². The van der Waals surface area contributed by atoms with Gasteiger partial charge in [0, 0.05) is 10.0 Å². The van der Waals surface area contributed by atoms with Crippen molar-refractivity contribution in [3.8, 4) is 22.2 Å². The number of alkyl halides is 2. The molecule has 0 atom stereocenters. The maximum Gasteiger partial charge on any atom is 0.388 e. The summed E-state index contributed by atoms with van der Waals surface area (Å²) in [4.78, 5) is 13.1. The zero-order valence-electron chi connectivity index (χ0n) is 15.2. The number of hydrogen-bond acceptors (Lipinski definition) is 7. The van der Waals surface area contributed by atoms with Crippen LogP contribution in [0.5, 0.6) is 11.6 Å². The van der Waals surface area contributed by atoms with Gasteiger partial charge in [-0.15, -0.1) is 11.3 Å². The minimum Gasteiger partial charge on any atom is -0.494 e. The van der Waals surface area contributed by atoms with E-state index in [0.29, 0.717) is 32.9 Å². The topological polar surface area (TPSA) is 77.4 Å². The Labute approximate surface area is 176 Å². The van der Waals surface area contributed by atoms with Crippen molar-refractivity contribution in [2.45, 2.75) is 20.1 Å². The molecule has 0 aliphatic carbocycles. The van der Waals surface area contributed by atoms with Gasteiger partial charge in [-0.2, -0.15) is 8.78 Å². The highest BCUT2D eigenvalue weighted by Crippen LogP contribution is 2.42. The average molecular weight is 482 g/mol. The Balaban J connectivity index is 1.94. The molecule has 4 rings (SSSR count). The highest BCUT2D eigenvalue weighted by molar-refractivity contribution is 9.10. The Hall–Kier alpha value is -2.43. The number of fused-ring (bicyclic) bond motifs is 2. The second-order valence-corrected chi connectivity index (χ2v) is 7.97. The fraction of sp³-hybridized carbons (Fsp3) is 0.211. The Morgan fingerprint density at radius 1 is 1.21 bits per heavy atom. The number of hydrogen-bond donors (Lipinski definition) is 1. The molecule has 6 nitrogen and oxygen atoms in total. The predicted molar refractivity (Wildman–Crippen MR) is 110 cm³/mol.